The number of thioether (sulfide) groups is 1. The van der Waals surface area contributed by atoms with Gasteiger partial charge in [-0.25, -0.2) is 4.79 Å². The van der Waals surface area contributed by atoms with Crippen LogP contribution in [0.4, 0.5) is 4.79 Å². The van der Waals surface area contributed by atoms with E-state index in [0.29, 0.717) is 58.0 Å². The van der Waals surface area contributed by atoms with Crippen molar-refractivity contribution in [2.24, 2.45) is 0 Å². The van der Waals surface area contributed by atoms with Crippen molar-refractivity contribution in [1.82, 2.24) is 10.6 Å². The summed E-state index contributed by atoms with van der Waals surface area (Å²) in [4.78, 5) is 34.0. The molecule has 10 heteroatoms. The van der Waals surface area contributed by atoms with E-state index in [1.165, 1.54) is 6.92 Å². The van der Waals surface area contributed by atoms with Crippen LogP contribution in [0.5, 0.6) is 0 Å². The number of Topliss-reactive ketones (excluding diaryl/α,β-unsaturated/α-hetero) is 1. The number of amides is 2. The summed E-state index contributed by atoms with van der Waals surface area (Å²) in [6.45, 7) is 6.99. The molecule has 0 unspecified atom stereocenters. The number of carbonyl (C=O) groups excluding carboxylic acids is 3. The lowest BCUT2D eigenvalue weighted by Crippen LogP contribution is -2.33. The molecule has 1 fully saturated rings. The van der Waals surface area contributed by atoms with Crippen molar-refractivity contribution in [2.75, 3.05) is 58.5 Å². The van der Waals surface area contributed by atoms with Crippen LogP contribution in [-0.4, -0.2) is 87.6 Å². The van der Waals surface area contributed by atoms with E-state index in [-0.39, 0.29) is 36.7 Å². The van der Waals surface area contributed by atoms with Gasteiger partial charge >= 0.3 is 6.09 Å². The Morgan fingerprint density at radius 2 is 1.38 bits per heavy atom. The first kappa shape index (κ1) is 28.7. The van der Waals surface area contributed by atoms with Crippen molar-refractivity contribution in [2.45, 2.75) is 63.7 Å². The molecule has 2 amide bonds. The summed E-state index contributed by atoms with van der Waals surface area (Å²) in [7, 11) is 0. The molecular formula is C22H40N2O7S. The average molecular weight is 477 g/mol. The van der Waals surface area contributed by atoms with Gasteiger partial charge in [-0.2, -0.15) is 11.8 Å². The second kappa shape index (κ2) is 19.1. The first-order valence-corrected chi connectivity index (χ1v) is 12.6. The molecule has 0 aromatic heterocycles. The smallest absolute Gasteiger partial charge is 0.407 e. The van der Waals surface area contributed by atoms with Crippen LogP contribution in [0.2, 0.25) is 0 Å². The van der Waals surface area contributed by atoms with Crippen LogP contribution in [0.1, 0.15) is 52.4 Å². The van der Waals surface area contributed by atoms with Crippen molar-refractivity contribution >= 4 is 29.5 Å². The number of carbonyl (C=O) groups is 3. The van der Waals surface area contributed by atoms with Crippen molar-refractivity contribution in [1.29, 1.82) is 0 Å². The fraction of sp³-hybridized carbons (Fsp3) is 0.864. The van der Waals surface area contributed by atoms with E-state index in [0.717, 1.165) is 31.4 Å². The Kier molecular flexibility index (Phi) is 17.2. The monoisotopic (exact) mass is 476 g/mol. The number of hydrogen-bond acceptors (Lipinski definition) is 8. The van der Waals surface area contributed by atoms with Gasteiger partial charge in [-0.05, 0) is 38.4 Å². The fourth-order valence-corrected chi connectivity index (χ4v) is 4.23. The van der Waals surface area contributed by atoms with E-state index in [1.54, 1.807) is 0 Å². The van der Waals surface area contributed by atoms with Gasteiger partial charge in [0.2, 0.25) is 5.91 Å². The highest BCUT2D eigenvalue weighted by Gasteiger charge is 2.23. The normalized spacial score (nSPS) is 18.2. The third kappa shape index (κ3) is 16.3. The van der Waals surface area contributed by atoms with Gasteiger partial charge in [-0.3, -0.25) is 4.79 Å². The lowest BCUT2D eigenvalue weighted by molar-refractivity contribution is -0.124. The summed E-state index contributed by atoms with van der Waals surface area (Å²) in [5.74, 6) is 1.00. The Morgan fingerprint density at radius 1 is 0.812 bits per heavy atom. The van der Waals surface area contributed by atoms with Crippen LogP contribution >= 0.6 is 11.8 Å². The number of ketones is 1. The fourth-order valence-electron chi connectivity index (χ4n) is 3.15. The second-order valence-corrected chi connectivity index (χ2v) is 9.15. The highest BCUT2D eigenvalue weighted by atomic mass is 32.2. The Labute approximate surface area is 196 Å². The zero-order valence-electron chi connectivity index (χ0n) is 19.5. The highest BCUT2D eigenvalue weighted by molar-refractivity contribution is 7.99. The minimum absolute atomic E-state index is 0.00531. The van der Waals surface area contributed by atoms with Crippen LogP contribution in [0.15, 0.2) is 0 Å². The highest BCUT2D eigenvalue weighted by Crippen LogP contribution is 2.29. The van der Waals surface area contributed by atoms with E-state index in [9.17, 15) is 14.4 Å². The van der Waals surface area contributed by atoms with Gasteiger partial charge in [0.15, 0.2) is 0 Å². The van der Waals surface area contributed by atoms with E-state index in [2.05, 4.69) is 17.6 Å². The number of ether oxygens (including phenoxy) is 4. The molecule has 0 saturated heterocycles. The molecule has 0 aromatic rings. The lowest BCUT2D eigenvalue weighted by Gasteiger charge is -2.27. The molecule has 186 valence electrons. The van der Waals surface area contributed by atoms with Crippen molar-refractivity contribution < 1.29 is 33.3 Å². The predicted octanol–water partition coefficient (Wildman–Crippen LogP) is 2.31. The van der Waals surface area contributed by atoms with E-state index in [1.807, 2.05) is 11.8 Å². The summed E-state index contributed by atoms with van der Waals surface area (Å²) in [6.07, 6.45) is 4.26. The van der Waals surface area contributed by atoms with Crippen LogP contribution < -0.4 is 10.6 Å². The van der Waals surface area contributed by atoms with Gasteiger partial charge in [-0.1, -0.05) is 6.92 Å². The SMILES string of the molecule is CCSC1CCC(OC(=O)NCCOCCOCCOCCNC(=O)CCC(C)=O)CC1. The maximum Gasteiger partial charge on any atom is 0.407 e. The molecule has 0 heterocycles. The van der Waals surface area contributed by atoms with Gasteiger partial charge in [0.25, 0.3) is 0 Å². The molecule has 9 nitrogen and oxygen atoms in total. The molecule has 1 saturated carbocycles. The molecule has 32 heavy (non-hydrogen) atoms. The number of nitrogens with one attached hydrogen (secondary N) is 2. The predicted molar refractivity (Wildman–Crippen MR) is 124 cm³/mol. The summed E-state index contributed by atoms with van der Waals surface area (Å²) in [5, 5.41) is 6.12. The summed E-state index contributed by atoms with van der Waals surface area (Å²) >= 11 is 1.99. The third-order valence-corrected chi connectivity index (χ3v) is 6.11. The molecule has 1 aliphatic carbocycles. The van der Waals surface area contributed by atoms with Gasteiger partial charge < -0.3 is 34.4 Å². The topological polar surface area (TPSA) is 112 Å². The summed E-state index contributed by atoms with van der Waals surface area (Å²) in [6, 6.07) is 0. The van der Waals surface area contributed by atoms with Gasteiger partial charge in [-0.15, -0.1) is 0 Å². The number of hydrogen-bond donors (Lipinski definition) is 2. The molecule has 0 bridgehead atoms. The van der Waals surface area contributed by atoms with Gasteiger partial charge in [0.1, 0.15) is 11.9 Å². The first-order chi connectivity index (χ1) is 15.5. The largest absolute Gasteiger partial charge is 0.446 e. The molecule has 0 radical (unpaired) electrons. The first-order valence-electron chi connectivity index (χ1n) is 11.6. The zero-order chi connectivity index (χ0) is 23.4. The third-order valence-electron chi connectivity index (χ3n) is 4.83. The van der Waals surface area contributed by atoms with Gasteiger partial charge in [0.05, 0.1) is 39.6 Å². The standard InChI is InChI=1S/C22H40N2O7S/c1-3-32-20-7-5-19(6-8-20)31-22(27)24-11-13-29-15-17-30-16-14-28-12-10-23-21(26)9-4-18(2)25/h19-20H,3-17H2,1-2H3,(H,23,26)(H,24,27). The van der Waals surface area contributed by atoms with Crippen molar-refractivity contribution in [3.8, 4) is 0 Å². The van der Waals surface area contributed by atoms with Crippen LogP contribution in [0, 0.1) is 0 Å². The van der Waals surface area contributed by atoms with Crippen LogP contribution in [-0.2, 0) is 28.5 Å². The lowest BCUT2D eigenvalue weighted by atomic mass is 9.97. The second-order valence-electron chi connectivity index (χ2n) is 7.58. The average Bonchev–Trinajstić information content (AvgIpc) is 2.77. The minimum Gasteiger partial charge on any atom is -0.446 e. The molecule has 0 aliphatic heterocycles. The Hall–Kier alpha value is -1.36. The summed E-state index contributed by atoms with van der Waals surface area (Å²) in [5.41, 5.74) is 0. The molecule has 0 aromatic carbocycles. The molecule has 1 rings (SSSR count). The van der Waals surface area contributed by atoms with Crippen LogP contribution in [0.25, 0.3) is 0 Å². The zero-order valence-corrected chi connectivity index (χ0v) is 20.3. The Balaban J connectivity index is 1.81. The number of rotatable bonds is 18. The molecule has 0 atom stereocenters. The quantitative estimate of drug-likeness (QED) is 0.290. The molecular weight excluding hydrogens is 436 g/mol. The van der Waals surface area contributed by atoms with E-state index in [4.69, 9.17) is 18.9 Å². The maximum absolute atomic E-state index is 11.8. The van der Waals surface area contributed by atoms with E-state index < -0.39 is 0 Å². The maximum atomic E-state index is 11.8. The van der Waals surface area contributed by atoms with E-state index >= 15 is 0 Å². The Bertz CT molecular complexity index is 528. The van der Waals surface area contributed by atoms with Crippen molar-refractivity contribution in [3.63, 3.8) is 0 Å². The minimum atomic E-state index is -0.372. The van der Waals surface area contributed by atoms with Crippen LogP contribution in [0.3, 0.4) is 0 Å². The molecule has 1 aliphatic rings. The summed E-state index contributed by atoms with van der Waals surface area (Å²) < 4.78 is 21.6. The van der Waals surface area contributed by atoms with Crippen molar-refractivity contribution in [3.05, 3.63) is 0 Å². The Morgan fingerprint density at radius 3 is 1.94 bits per heavy atom. The molecule has 2 N–H and O–H groups in total. The van der Waals surface area contributed by atoms with Gasteiger partial charge in [0, 0.05) is 31.2 Å². The number of alkyl carbamates (subject to hydrolysis) is 1. The molecule has 0 spiro atoms.